The number of rotatable bonds is 5. The highest BCUT2D eigenvalue weighted by atomic mass is 32.1. The molecule has 0 saturated carbocycles. The molecule has 2 unspecified atom stereocenters. The molecule has 0 radical (unpaired) electrons. The van der Waals surface area contributed by atoms with Crippen molar-refractivity contribution in [3.8, 4) is 10.6 Å². The average Bonchev–Trinajstić information content (AvgIpc) is 2.96. The Bertz CT molecular complexity index is 696. The van der Waals surface area contributed by atoms with Gasteiger partial charge in [-0.2, -0.15) is 0 Å². The molecule has 0 saturated heterocycles. The fourth-order valence-corrected chi connectivity index (χ4v) is 2.82. The second-order valence-corrected chi connectivity index (χ2v) is 6.10. The third kappa shape index (κ3) is 3.51. The fraction of sp³-hybridized carbons (Fsp3) is 0.312. The molecule has 2 rings (SSSR count). The van der Waals surface area contributed by atoms with Gasteiger partial charge in [-0.05, 0) is 26.3 Å². The summed E-state index contributed by atoms with van der Waals surface area (Å²) in [6, 6.07) is 7.38. The van der Waals surface area contributed by atoms with Crippen LogP contribution in [0, 0.1) is 12.8 Å². The lowest BCUT2D eigenvalue weighted by Gasteiger charge is -2.16. The molecule has 1 aromatic carbocycles. The summed E-state index contributed by atoms with van der Waals surface area (Å²) in [6.07, 6.45) is 0. The Labute approximate surface area is 133 Å². The topological polar surface area (TPSA) is 79.3 Å². The number of carbonyl (C=O) groups excluding carboxylic acids is 1. The van der Waals surface area contributed by atoms with E-state index in [1.807, 2.05) is 31.2 Å². The van der Waals surface area contributed by atoms with E-state index in [1.54, 1.807) is 19.2 Å². The highest BCUT2D eigenvalue weighted by molar-refractivity contribution is 7.13. The molecule has 5 nitrogen and oxygen atoms in total. The number of nitrogens with zero attached hydrogens (tertiary/aromatic N) is 1. The van der Waals surface area contributed by atoms with E-state index in [1.165, 1.54) is 11.3 Å². The van der Waals surface area contributed by atoms with Crippen molar-refractivity contribution in [1.29, 1.82) is 0 Å². The maximum absolute atomic E-state index is 12.2. The van der Waals surface area contributed by atoms with Crippen LogP contribution in [0.1, 0.15) is 29.9 Å². The number of nitrogens with one attached hydrogen (secondary N) is 1. The first-order valence-corrected chi connectivity index (χ1v) is 7.83. The lowest BCUT2D eigenvalue weighted by molar-refractivity contribution is -0.141. The molecular formula is C16H18N2O3S. The number of amides is 1. The zero-order chi connectivity index (χ0) is 16.3. The quantitative estimate of drug-likeness (QED) is 0.888. The summed E-state index contributed by atoms with van der Waals surface area (Å²) >= 11 is 1.40. The molecule has 2 N–H and O–H groups in total. The van der Waals surface area contributed by atoms with Crippen LogP contribution in [0.5, 0.6) is 0 Å². The van der Waals surface area contributed by atoms with E-state index < -0.39 is 17.9 Å². The first-order valence-electron chi connectivity index (χ1n) is 6.95. The van der Waals surface area contributed by atoms with E-state index in [0.717, 1.165) is 16.1 Å². The molecule has 116 valence electrons. The number of hydrogen-bond donors (Lipinski definition) is 2. The second-order valence-electron chi connectivity index (χ2n) is 5.24. The highest BCUT2D eigenvalue weighted by Gasteiger charge is 2.22. The minimum atomic E-state index is -0.938. The molecule has 0 aliphatic carbocycles. The Kier molecular flexibility index (Phi) is 4.92. The van der Waals surface area contributed by atoms with E-state index in [2.05, 4.69) is 10.3 Å². The number of benzene rings is 1. The fourth-order valence-electron chi connectivity index (χ4n) is 1.93. The summed E-state index contributed by atoms with van der Waals surface area (Å²) in [4.78, 5) is 27.4. The molecule has 22 heavy (non-hydrogen) atoms. The van der Waals surface area contributed by atoms with Crippen LogP contribution < -0.4 is 5.32 Å². The van der Waals surface area contributed by atoms with Gasteiger partial charge in [0, 0.05) is 17.0 Å². The number of aliphatic carboxylic acids is 1. The number of aromatic nitrogens is 1. The van der Waals surface area contributed by atoms with Crippen molar-refractivity contribution in [1.82, 2.24) is 10.3 Å². The maximum Gasteiger partial charge on any atom is 0.308 e. The molecule has 1 aromatic heterocycles. The largest absolute Gasteiger partial charge is 0.481 e. The summed E-state index contributed by atoms with van der Waals surface area (Å²) in [5, 5.41) is 14.1. The first-order chi connectivity index (χ1) is 10.4. The normalized spacial score (nSPS) is 13.4. The summed E-state index contributed by atoms with van der Waals surface area (Å²) in [5.74, 6) is -1.94. The first kappa shape index (κ1) is 16.2. The van der Waals surface area contributed by atoms with E-state index in [9.17, 15) is 9.59 Å². The lowest BCUT2D eigenvalue weighted by atomic mass is 10.0. The van der Waals surface area contributed by atoms with Crippen molar-refractivity contribution in [2.24, 2.45) is 5.92 Å². The van der Waals surface area contributed by atoms with Gasteiger partial charge in [-0.15, -0.1) is 11.3 Å². The van der Waals surface area contributed by atoms with Gasteiger partial charge in [-0.3, -0.25) is 9.59 Å². The summed E-state index contributed by atoms with van der Waals surface area (Å²) in [5.41, 5.74) is 2.41. The Morgan fingerprint density at radius 1 is 1.27 bits per heavy atom. The zero-order valence-corrected chi connectivity index (χ0v) is 13.5. The highest BCUT2D eigenvalue weighted by Crippen LogP contribution is 2.26. The van der Waals surface area contributed by atoms with Gasteiger partial charge in [0.15, 0.2) is 0 Å². The van der Waals surface area contributed by atoms with Crippen molar-refractivity contribution < 1.29 is 14.7 Å². The predicted molar refractivity (Wildman–Crippen MR) is 86.0 cm³/mol. The monoisotopic (exact) mass is 318 g/mol. The Hall–Kier alpha value is -2.21. The lowest BCUT2D eigenvalue weighted by Crippen LogP contribution is -2.40. The molecule has 1 heterocycles. The molecule has 0 fully saturated rings. The van der Waals surface area contributed by atoms with Crippen molar-refractivity contribution in [2.45, 2.75) is 26.8 Å². The second kappa shape index (κ2) is 6.70. The van der Waals surface area contributed by atoms with Crippen molar-refractivity contribution in [3.63, 3.8) is 0 Å². The predicted octanol–water partition coefficient (Wildman–Crippen LogP) is 2.96. The number of thiazole rings is 1. The average molecular weight is 318 g/mol. The van der Waals surface area contributed by atoms with E-state index in [-0.39, 0.29) is 5.91 Å². The molecular weight excluding hydrogens is 300 g/mol. The number of carboxylic acid groups (broad SMARTS) is 1. The molecule has 0 aliphatic heterocycles. The molecule has 1 amide bonds. The van der Waals surface area contributed by atoms with E-state index in [4.69, 9.17) is 5.11 Å². The molecule has 0 bridgehead atoms. The zero-order valence-electron chi connectivity index (χ0n) is 12.7. The van der Waals surface area contributed by atoms with Gasteiger partial charge in [-0.1, -0.05) is 24.3 Å². The Morgan fingerprint density at radius 3 is 2.59 bits per heavy atom. The standard InChI is InChI=1S/C16H18N2O3S/c1-9-6-4-5-7-12(9)15-18-13(8-22-15)14(19)17-11(3)10(2)16(20)21/h4-8,10-11H,1-3H3,(H,17,19)(H,20,21). The van der Waals surface area contributed by atoms with E-state index in [0.29, 0.717) is 5.69 Å². The third-order valence-corrected chi connectivity index (χ3v) is 4.49. The molecule has 0 aliphatic rings. The van der Waals surface area contributed by atoms with Crippen molar-refractivity contribution in [2.75, 3.05) is 0 Å². The van der Waals surface area contributed by atoms with Crippen LogP contribution in [0.3, 0.4) is 0 Å². The van der Waals surface area contributed by atoms with Crippen LogP contribution in [-0.2, 0) is 4.79 Å². The van der Waals surface area contributed by atoms with Crippen LogP contribution in [-0.4, -0.2) is 28.0 Å². The summed E-state index contributed by atoms with van der Waals surface area (Å²) < 4.78 is 0. The van der Waals surface area contributed by atoms with E-state index >= 15 is 0 Å². The number of aryl methyl sites for hydroxylation is 1. The molecule has 2 aromatic rings. The number of carboxylic acids is 1. The summed E-state index contributed by atoms with van der Waals surface area (Å²) in [6.45, 7) is 5.23. The van der Waals surface area contributed by atoms with Gasteiger partial charge < -0.3 is 10.4 Å². The van der Waals surface area contributed by atoms with Crippen LogP contribution in [0.25, 0.3) is 10.6 Å². The van der Waals surface area contributed by atoms with Crippen molar-refractivity contribution in [3.05, 3.63) is 40.9 Å². The van der Waals surface area contributed by atoms with Crippen LogP contribution >= 0.6 is 11.3 Å². The molecule has 6 heteroatoms. The van der Waals surface area contributed by atoms with Gasteiger partial charge in [0.1, 0.15) is 10.7 Å². The number of hydrogen-bond acceptors (Lipinski definition) is 4. The Balaban J connectivity index is 2.13. The number of carbonyl (C=O) groups is 2. The minimum absolute atomic E-state index is 0.313. The Morgan fingerprint density at radius 2 is 1.95 bits per heavy atom. The van der Waals surface area contributed by atoms with Crippen molar-refractivity contribution >= 4 is 23.2 Å². The van der Waals surface area contributed by atoms with Gasteiger partial charge in [0.25, 0.3) is 5.91 Å². The van der Waals surface area contributed by atoms with Crippen LogP contribution in [0.4, 0.5) is 0 Å². The van der Waals surface area contributed by atoms with Gasteiger partial charge >= 0.3 is 5.97 Å². The third-order valence-electron chi connectivity index (χ3n) is 3.61. The minimum Gasteiger partial charge on any atom is -0.481 e. The van der Waals surface area contributed by atoms with Crippen LogP contribution in [0.2, 0.25) is 0 Å². The van der Waals surface area contributed by atoms with Gasteiger partial charge in [0.05, 0.1) is 5.92 Å². The summed E-state index contributed by atoms with van der Waals surface area (Å²) in [7, 11) is 0. The SMILES string of the molecule is Cc1ccccc1-c1nc(C(=O)NC(C)C(C)C(=O)O)cs1. The smallest absolute Gasteiger partial charge is 0.308 e. The molecule has 0 spiro atoms. The molecule has 2 atom stereocenters. The van der Waals surface area contributed by atoms with Gasteiger partial charge in [0.2, 0.25) is 0 Å². The van der Waals surface area contributed by atoms with Crippen LogP contribution in [0.15, 0.2) is 29.6 Å². The maximum atomic E-state index is 12.2. The van der Waals surface area contributed by atoms with Gasteiger partial charge in [-0.25, -0.2) is 4.98 Å².